The number of imidazole rings is 1. The molecule has 0 fully saturated rings. The molecule has 4 rings (SSSR count). The summed E-state index contributed by atoms with van der Waals surface area (Å²) < 4.78 is 0. The number of rotatable bonds is 3. The van der Waals surface area contributed by atoms with Gasteiger partial charge in [0.05, 0.1) is 35.0 Å². The van der Waals surface area contributed by atoms with E-state index in [1.807, 2.05) is 0 Å². The second kappa shape index (κ2) is 6.32. The van der Waals surface area contributed by atoms with E-state index in [9.17, 15) is 14.4 Å². The average molecular weight is 349 g/mol. The third-order valence-corrected chi connectivity index (χ3v) is 4.14. The monoisotopic (exact) mass is 349 g/mol. The molecule has 1 aliphatic rings. The van der Waals surface area contributed by atoms with Crippen LogP contribution in [0.3, 0.4) is 0 Å². The number of amides is 3. The van der Waals surface area contributed by atoms with Crippen molar-refractivity contribution < 1.29 is 14.4 Å². The molecular formula is C18H15N5O3. The molecule has 3 amide bonds. The lowest BCUT2D eigenvalue weighted by Gasteiger charge is -2.14. The van der Waals surface area contributed by atoms with E-state index in [0.29, 0.717) is 16.9 Å². The van der Waals surface area contributed by atoms with E-state index in [-0.39, 0.29) is 12.3 Å². The van der Waals surface area contributed by atoms with Crippen molar-refractivity contribution in [3.8, 4) is 0 Å². The van der Waals surface area contributed by atoms with E-state index in [1.54, 1.807) is 48.8 Å². The number of aromatic nitrogens is 2. The smallest absolute Gasteiger partial charge is 0.254 e. The molecule has 0 unspecified atom stereocenters. The summed E-state index contributed by atoms with van der Waals surface area (Å²) in [5.74, 6) is -1.20. The Kier molecular flexibility index (Phi) is 3.85. The number of nitrogens with zero attached hydrogens (tertiary/aromatic N) is 1. The van der Waals surface area contributed by atoms with Crippen molar-refractivity contribution in [1.82, 2.24) is 15.3 Å². The Bertz CT molecular complexity index is 1030. The Morgan fingerprint density at radius 3 is 2.88 bits per heavy atom. The van der Waals surface area contributed by atoms with Crippen LogP contribution < -0.4 is 16.0 Å². The van der Waals surface area contributed by atoms with Gasteiger partial charge in [0.2, 0.25) is 11.8 Å². The molecule has 26 heavy (non-hydrogen) atoms. The molecule has 130 valence electrons. The lowest BCUT2D eigenvalue weighted by atomic mass is 10.1. The van der Waals surface area contributed by atoms with Gasteiger partial charge in [-0.3, -0.25) is 14.4 Å². The van der Waals surface area contributed by atoms with Crippen molar-refractivity contribution in [1.29, 1.82) is 0 Å². The van der Waals surface area contributed by atoms with E-state index in [0.717, 1.165) is 11.0 Å². The summed E-state index contributed by atoms with van der Waals surface area (Å²) in [6.07, 6.45) is 1.39. The first-order chi connectivity index (χ1) is 12.6. The lowest BCUT2D eigenvalue weighted by Crippen LogP contribution is -2.43. The molecular weight excluding hydrogens is 334 g/mol. The SMILES string of the molecule is O=C(C[C@@H]1NC(=O)c2ccccc2NC1=O)Nc1ccc2nc[nH]c2c1. The number of para-hydroxylation sites is 1. The van der Waals surface area contributed by atoms with Crippen LogP contribution in [0.4, 0.5) is 11.4 Å². The van der Waals surface area contributed by atoms with Gasteiger partial charge in [0.25, 0.3) is 5.91 Å². The molecule has 1 aliphatic heterocycles. The number of aromatic amines is 1. The number of nitrogens with one attached hydrogen (secondary N) is 4. The van der Waals surface area contributed by atoms with Crippen LogP contribution in [0, 0.1) is 0 Å². The Balaban J connectivity index is 1.47. The molecule has 0 spiro atoms. The molecule has 2 aromatic carbocycles. The summed E-state index contributed by atoms with van der Waals surface area (Å²) in [6.45, 7) is 0. The number of carbonyl (C=O) groups is 3. The lowest BCUT2D eigenvalue weighted by molar-refractivity contribution is -0.122. The Hall–Kier alpha value is -3.68. The molecule has 8 heteroatoms. The zero-order valence-electron chi connectivity index (χ0n) is 13.6. The Morgan fingerprint density at radius 1 is 1.15 bits per heavy atom. The average Bonchev–Trinajstić information content (AvgIpc) is 3.04. The molecule has 0 saturated carbocycles. The highest BCUT2D eigenvalue weighted by Crippen LogP contribution is 2.20. The zero-order chi connectivity index (χ0) is 18.1. The summed E-state index contributed by atoms with van der Waals surface area (Å²) in [7, 11) is 0. The van der Waals surface area contributed by atoms with Gasteiger partial charge in [0, 0.05) is 5.69 Å². The van der Waals surface area contributed by atoms with Crippen LogP contribution in [0.1, 0.15) is 16.8 Å². The molecule has 0 radical (unpaired) electrons. The first kappa shape index (κ1) is 15.8. The van der Waals surface area contributed by atoms with Crippen LogP contribution in [-0.4, -0.2) is 33.7 Å². The largest absolute Gasteiger partial charge is 0.345 e. The number of hydrogen-bond donors (Lipinski definition) is 4. The minimum absolute atomic E-state index is 0.174. The topological polar surface area (TPSA) is 116 Å². The van der Waals surface area contributed by atoms with Crippen LogP contribution in [0.25, 0.3) is 11.0 Å². The quantitative estimate of drug-likeness (QED) is 0.575. The van der Waals surface area contributed by atoms with Crippen molar-refractivity contribution in [2.75, 3.05) is 10.6 Å². The highest BCUT2D eigenvalue weighted by atomic mass is 16.2. The predicted molar refractivity (Wildman–Crippen MR) is 95.7 cm³/mol. The number of anilines is 2. The van der Waals surface area contributed by atoms with Gasteiger partial charge in [-0.1, -0.05) is 12.1 Å². The molecule has 0 bridgehead atoms. The highest BCUT2D eigenvalue weighted by Gasteiger charge is 2.29. The minimum atomic E-state index is -0.953. The molecule has 8 nitrogen and oxygen atoms in total. The van der Waals surface area contributed by atoms with Gasteiger partial charge in [-0.25, -0.2) is 4.98 Å². The van der Waals surface area contributed by atoms with Crippen LogP contribution in [0.5, 0.6) is 0 Å². The minimum Gasteiger partial charge on any atom is -0.345 e. The number of hydrogen-bond acceptors (Lipinski definition) is 4. The molecule has 0 aliphatic carbocycles. The first-order valence-corrected chi connectivity index (χ1v) is 8.04. The van der Waals surface area contributed by atoms with Gasteiger partial charge in [-0.2, -0.15) is 0 Å². The van der Waals surface area contributed by atoms with Crippen molar-refractivity contribution in [2.45, 2.75) is 12.5 Å². The third kappa shape index (κ3) is 3.00. The number of H-pyrrole nitrogens is 1. The number of benzene rings is 2. The van der Waals surface area contributed by atoms with Gasteiger partial charge in [-0.15, -0.1) is 0 Å². The molecule has 3 aromatic rings. The molecule has 4 N–H and O–H groups in total. The second-order valence-corrected chi connectivity index (χ2v) is 5.95. The Labute approximate surface area is 148 Å². The van der Waals surface area contributed by atoms with Crippen LogP contribution in [0.2, 0.25) is 0 Å². The summed E-state index contributed by atoms with van der Waals surface area (Å²) >= 11 is 0. The highest BCUT2D eigenvalue weighted by molar-refractivity contribution is 6.11. The molecule has 2 heterocycles. The first-order valence-electron chi connectivity index (χ1n) is 8.04. The molecule has 1 atom stereocenters. The van der Waals surface area contributed by atoms with Crippen LogP contribution in [0.15, 0.2) is 48.8 Å². The maximum absolute atomic E-state index is 12.3. The number of carbonyl (C=O) groups excluding carboxylic acids is 3. The molecule has 0 saturated heterocycles. The fourth-order valence-electron chi connectivity index (χ4n) is 2.87. The van der Waals surface area contributed by atoms with Gasteiger partial charge >= 0.3 is 0 Å². The van der Waals surface area contributed by atoms with Crippen molar-refractivity contribution in [3.63, 3.8) is 0 Å². The maximum atomic E-state index is 12.3. The second-order valence-electron chi connectivity index (χ2n) is 5.95. The van der Waals surface area contributed by atoms with E-state index in [4.69, 9.17) is 0 Å². The van der Waals surface area contributed by atoms with E-state index >= 15 is 0 Å². The van der Waals surface area contributed by atoms with Gasteiger partial charge in [0.15, 0.2) is 0 Å². The van der Waals surface area contributed by atoms with Gasteiger partial charge in [0.1, 0.15) is 6.04 Å². The van der Waals surface area contributed by atoms with Crippen LogP contribution in [-0.2, 0) is 9.59 Å². The fraction of sp³-hybridized carbons (Fsp3) is 0.111. The fourth-order valence-corrected chi connectivity index (χ4v) is 2.87. The van der Waals surface area contributed by atoms with Gasteiger partial charge < -0.3 is 20.9 Å². The summed E-state index contributed by atoms with van der Waals surface area (Å²) in [5, 5.41) is 8.01. The summed E-state index contributed by atoms with van der Waals surface area (Å²) in [4.78, 5) is 44.0. The summed E-state index contributed by atoms with van der Waals surface area (Å²) in [6, 6.07) is 11.0. The maximum Gasteiger partial charge on any atom is 0.254 e. The normalized spacial score (nSPS) is 16.4. The number of fused-ring (bicyclic) bond motifs is 2. The third-order valence-electron chi connectivity index (χ3n) is 4.14. The standard InChI is InChI=1S/C18H15N5O3/c24-16(21-10-5-6-13-14(7-10)20-9-19-13)8-15-18(26)22-12-4-2-1-3-11(12)17(25)23-15/h1-7,9,15H,8H2,(H,19,20)(H,21,24)(H,22,26)(H,23,25)/t15-/m0/s1. The van der Waals surface area contributed by atoms with E-state index in [2.05, 4.69) is 25.9 Å². The molecule has 1 aromatic heterocycles. The Morgan fingerprint density at radius 2 is 2.00 bits per heavy atom. The zero-order valence-corrected chi connectivity index (χ0v) is 13.6. The van der Waals surface area contributed by atoms with Crippen LogP contribution >= 0.6 is 0 Å². The van der Waals surface area contributed by atoms with Crippen molar-refractivity contribution >= 4 is 40.1 Å². The predicted octanol–water partition coefficient (Wildman–Crippen LogP) is 1.64. The van der Waals surface area contributed by atoms with E-state index < -0.39 is 17.9 Å². The van der Waals surface area contributed by atoms with Crippen molar-refractivity contribution in [2.24, 2.45) is 0 Å². The van der Waals surface area contributed by atoms with E-state index in [1.165, 1.54) is 0 Å². The van der Waals surface area contributed by atoms with Gasteiger partial charge in [-0.05, 0) is 30.3 Å². The summed E-state index contributed by atoms with van der Waals surface area (Å²) in [5.41, 5.74) is 2.96. The van der Waals surface area contributed by atoms with Crippen molar-refractivity contribution in [3.05, 3.63) is 54.4 Å².